The van der Waals surface area contributed by atoms with E-state index >= 15 is 0 Å². The summed E-state index contributed by atoms with van der Waals surface area (Å²) in [5, 5.41) is 6.88. The molecule has 0 aromatic carbocycles. The summed E-state index contributed by atoms with van der Waals surface area (Å²) in [6.45, 7) is 1.89. The van der Waals surface area contributed by atoms with Gasteiger partial charge in [0, 0.05) is 19.2 Å². The Balaban J connectivity index is 1.84. The van der Waals surface area contributed by atoms with Crippen LogP contribution in [0.25, 0.3) is 5.78 Å². The number of fused-ring (bicyclic) bond motifs is 1. The minimum Gasteiger partial charge on any atom is -0.381 e. The van der Waals surface area contributed by atoms with Crippen molar-refractivity contribution in [2.45, 2.75) is 19.0 Å². The minimum atomic E-state index is -4.52. The molecule has 21 heavy (non-hydrogen) atoms. The maximum atomic E-state index is 12.8. The lowest BCUT2D eigenvalue weighted by molar-refractivity contribution is -0.141. The summed E-state index contributed by atoms with van der Waals surface area (Å²) in [4.78, 5) is 7.19. The Morgan fingerprint density at radius 2 is 2.29 bits per heavy atom. The van der Waals surface area contributed by atoms with Gasteiger partial charge in [0.2, 0.25) is 0 Å². The molecule has 0 unspecified atom stereocenters. The second-order valence-electron chi connectivity index (χ2n) is 4.96. The van der Waals surface area contributed by atoms with Crippen molar-refractivity contribution in [3.05, 3.63) is 18.1 Å². The minimum absolute atomic E-state index is 0.0766. The van der Waals surface area contributed by atoms with E-state index in [2.05, 4.69) is 20.4 Å². The van der Waals surface area contributed by atoms with Gasteiger partial charge in [-0.1, -0.05) is 0 Å². The summed E-state index contributed by atoms with van der Waals surface area (Å²) in [5.41, 5.74) is -0.981. The van der Waals surface area contributed by atoms with Gasteiger partial charge in [0.1, 0.15) is 12.1 Å². The van der Waals surface area contributed by atoms with Crippen molar-refractivity contribution in [3.63, 3.8) is 0 Å². The number of anilines is 1. The molecule has 9 heteroatoms. The Kier molecular flexibility index (Phi) is 3.66. The quantitative estimate of drug-likeness (QED) is 0.939. The van der Waals surface area contributed by atoms with Crippen LogP contribution in [0.5, 0.6) is 0 Å². The molecule has 1 fully saturated rings. The van der Waals surface area contributed by atoms with E-state index in [-0.39, 0.29) is 17.5 Å². The Hall–Kier alpha value is -1.90. The number of rotatable bonds is 3. The van der Waals surface area contributed by atoms with Gasteiger partial charge in [-0.2, -0.15) is 27.8 Å². The molecule has 0 radical (unpaired) electrons. The van der Waals surface area contributed by atoms with E-state index < -0.39 is 11.9 Å². The van der Waals surface area contributed by atoms with Gasteiger partial charge in [-0.15, -0.1) is 0 Å². The number of ether oxygens (including phenoxy) is 1. The van der Waals surface area contributed by atoms with Crippen molar-refractivity contribution < 1.29 is 17.9 Å². The van der Waals surface area contributed by atoms with E-state index in [0.29, 0.717) is 13.2 Å². The maximum absolute atomic E-state index is 12.8. The Morgan fingerprint density at radius 1 is 1.43 bits per heavy atom. The summed E-state index contributed by atoms with van der Waals surface area (Å²) in [6, 6.07) is 0.950. The fourth-order valence-electron chi connectivity index (χ4n) is 2.30. The third kappa shape index (κ3) is 3.07. The van der Waals surface area contributed by atoms with Crippen LogP contribution in [0, 0.1) is 5.92 Å². The molecule has 1 N–H and O–H groups in total. The lowest BCUT2D eigenvalue weighted by Crippen LogP contribution is -2.25. The van der Waals surface area contributed by atoms with E-state index in [1.165, 1.54) is 10.8 Å². The number of nitrogens with one attached hydrogen (secondary N) is 1. The molecule has 1 aliphatic rings. The van der Waals surface area contributed by atoms with Crippen LogP contribution in [0.3, 0.4) is 0 Å². The predicted octanol–water partition coefficient (Wildman–Crippen LogP) is 1.98. The predicted molar refractivity (Wildman–Crippen MR) is 67.8 cm³/mol. The molecule has 0 amide bonds. The van der Waals surface area contributed by atoms with Gasteiger partial charge in [0.05, 0.1) is 6.61 Å². The second kappa shape index (κ2) is 5.47. The highest BCUT2D eigenvalue weighted by Gasteiger charge is 2.34. The van der Waals surface area contributed by atoms with Crippen molar-refractivity contribution in [1.82, 2.24) is 19.6 Å². The molecule has 0 saturated carbocycles. The highest BCUT2D eigenvalue weighted by molar-refractivity contribution is 5.45. The summed E-state index contributed by atoms with van der Waals surface area (Å²) >= 11 is 0. The first-order chi connectivity index (χ1) is 10.0. The molecular weight excluding hydrogens is 287 g/mol. The van der Waals surface area contributed by atoms with E-state index in [0.717, 1.165) is 25.5 Å². The zero-order valence-electron chi connectivity index (χ0n) is 11.1. The third-order valence-corrected chi connectivity index (χ3v) is 3.37. The molecule has 1 aliphatic heterocycles. The highest BCUT2D eigenvalue weighted by atomic mass is 19.4. The number of hydrogen-bond acceptors (Lipinski definition) is 5. The largest absolute Gasteiger partial charge is 0.433 e. The Bertz CT molecular complexity index is 621. The van der Waals surface area contributed by atoms with Gasteiger partial charge in [0.15, 0.2) is 5.69 Å². The van der Waals surface area contributed by atoms with Gasteiger partial charge >= 0.3 is 6.18 Å². The normalized spacial score (nSPS) is 19.9. The molecule has 0 spiro atoms. The molecule has 3 heterocycles. The fourth-order valence-corrected chi connectivity index (χ4v) is 2.30. The molecule has 0 aliphatic carbocycles. The fraction of sp³-hybridized carbons (Fsp3) is 0.583. The number of aromatic nitrogens is 4. The van der Waals surface area contributed by atoms with E-state index in [9.17, 15) is 13.2 Å². The monoisotopic (exact) mass is 301 g/mol. The first kappa shape index (κ1) is 14.1. The lowest BCUT2D eigenvalue weighted by Gasteiger charge is -2.22. The Morgan fingerprint density at radius 3 is 3.00 bits per heavy atom. The van der Waals surface area contributed by atoms with Crippen LogP contribution in [0.1, 0.15) is 18.5 Å². The van der Waals surface area contributed by atoms with Crippen molar-refractivity contribution in [1.29, 1.82) is 0 Å². The molecule has 0 bridgehead atoms. The van der Waals surface area contributed by atoms with Crippen LogP contribution in [0.4, 0.5) is 19.0 Å². The highest BCUT2D eigenvalue weighted by Crippen LogP contribution is 2.29. The van der Waals surface area contributed by atoms with Crippen LogP contribution < -0.4 is 5.32 Å². The molecule has 114 valence electrons. The molecular formula is C12H14F3N5O. The number of halogens is 3. The van der Waals surface area contributed by atoms with E-state index in [1.54, 1.807) is 0 Å². The second-order valence-corrected chi connectivity index (χ2v) is 4.96. The van der Waals surface area contributed by atoms with Crippen LogP contribution in [0.15, 0.2) is 12.4 Å². The summed E-state index contributed by atoms with van der Waals surface area (Å²) in [7, 11) is 0. The SMILES string of the molecule is FC(F)(F)c1cc(NC[C@H]2CCCOC2)n2ncnc2n1. The topological polar surface area (TPSA) is 64.3 Å². The van der Waals surface area contributed by atoms with Crippen LogP contribution in [-0.2, 0) is 10.9 Å². The van der Waals surface area contributed by atoms with Crippen LogP contribution >= 0.6 is 0 Å². The van der Waals surface area contributed by atoms with E-state index in [1.807, 2.05) is 0 Å². The summed E-state index contributed by atoms with van der Waals surface area (Å²) in [6.07, 6.45) is -1.38. The summed E-state index contributed by atoms with van der Waals surface area (Å²) in [5.74, 6) is 0.433. The van der Waals surface area contributed by atoms with Crippen LogP contribution in [-0.4, -0.2) is 39.3 Å². The summed E-state index contributed by atoms with van der Waals surface area (Å²) < 4.78 is 45.1. The van der Waals surface area contributed by atoms with Crippen molar-refractivity contribution >= 4 is 11.6 Å². The number of alkyl halides is 3. The molecule has 1 atom stereocenters. The zero-order valence-corrected chi connectivity index (χ0v) is 11.1. The standard InChI is InChI=1S/C12H14F3N5O/c13-12(14,15)9-4-10(20-11(19-9)17-7-18-20)16-5-8-2-1-3-21-6-8/h4,7-8,16H,1-3,5-6H2/t8-/m1/s1. The lowest BCUT2D eigenvalue weighted by atomic mass is 10.0. The van der Waals surface area contributed by atoms with Crippen molar-refractivity contribution in [2.75, 3.05) is 25.1 Å². The molecule has 3 rings (SSSR count). The van der Waals surface area contributed by atoms with Crippen LogP contribution in [0.2, 0.25) is 0 Å². The first-order valence-corrected chi connectivity index (χ1v) is 6.63. The van der Waals surface area contributed by atoms with Crippen molar-refractivity contribution in [2.24, 2.45) is 5.92 Å². The Labute approximate surface area is 118 Å². The average molecular weight is 301 g/mol. The zero-order chi connectivity index (χ0) is 14.9. The molecule has 2 aromatic heterocycles. The average Bonchev–Trinajstić information content (AvgIpc) is 2.93. The van der Waals surface area contributed by atoms with Gasteiger partial charge < -0.3 is 10.1 Å². The van der Waals surface area contributed by atoms with Gasteiger partial charge in [-0.05, 0) is 18.8 Å². The van der Waals surface area contributed by atoms with Crippen molar-refractivity contribution in [3.8, 4) is 0 Å². The van der Waals surface area contributed by atoms with Gasteiger partial charge in [-0.3, -0.25) is 0 Å². The third-order valence-electron chi connectivity index (χ3n) is 3.37. The van der Waals surface area contributed by atoms with Gasteiger partial charge in [0.25, 0.3) is 5.78 Å². The molecule has 1 saturated heterocycles. The van der Waals surface area contributed by atoms with Gasteiger partial charge in [-0.25, -0.2) is 4.98 Å². The first-order valence-electron chi connectivity index (χ1n) is 6.63. The maximum Gasteiger partial charge on any atom is 0.433 e. The van der Waals surface area contributed by atoms with E-state index in [4.69, 9.17) is 4.74 Å². The molecule has 2 aromatic rings. The number of hydrogen-bond donors (Lipinski definition) is 1. The smallest absolute Gasteiger partial charge is 0.381 e. The molecule has 6 nitrogen and oxygen atoms in total. The number of nitrogens with zero attached hydrogens (tertiary/aromatic N) is 4.